The molecule has 0 saturated carbocycles. The first-order valence-corrected chi connectivity index (χ1v) is 52.7. The lowest BCUT2D eigenvalue weighted by molar-refractivity contribution is -0.148. The average molecular weight is 1950 g/mol. The first kappa shape index (κ1) is 129. The van der Waals surface area contributed by atoms with Gasteiger partial charge in [0.15, 0.2) is 11.5 Å². The Morgan fingerprint density at radius 2 is 0.457 bits per heavy atom. The zero-order chi connectivity index (χ0) is 108. The van der Waals surface area contributed by atoms with Crippen LogP contribution in [0.3, 0.4) is 0 Å². The molecule has 6 aromatic rings. The van der Waals surface area contributed by atoms with Gasteiger partial charge in [0.25, 0.3) is 0 Å². The third-order valence-electron chi connectivity index (χ3n) is 27.8. The van der Waals surface area contributed by atoms with Crippen LogP contribution in [-0.4, -0.2) is 86.9 Å². The van der Waals surface area contributed by atoms with Gasteiger partial charge in [0.2, 0.25) is 0 Å². The molecule has 0 aliphatic rings. The number of aryl methyl sites for hydroxylation is 11. The van der Waals surface area contributed by atoms with E-state index in [0.29, 0.717) is 64.9 Å². The quantitative estimate of drug-likeness (QED) is 0.0159. The normalized spacial score (nSPS) is 12.4. The van der Waals surface area contributed by atoms with Gasteiger partial charge in [-0.2, -0.15) is 0 Å². The van der Waals surface area contributed by atoms with Crippen LogP contribution in [0, 0.1) is 92.7 Å². The fourth-order valence-corrected chi connectivity index (χ4v) is 17.3. The summed E-state index contributed by atoms with van der Waals surface area (Å²) in [4.78, 5) is 67.3. The van der Waals surface area contributed by atoms with Crippen molar-refractivity contribution >= 4 is 35.8 Å². The van der Waals surface area contributed by atoms with Crippen molar-refractivity contribution in [3.8, 4) is 23.0 Å². The molecule has 10 N–H and O–H groups in total. The highest BCUT2D eigenvalue weighted by molar-refractivity contribution is 5.76. The van der Waals surface area contributed by atoms with E-state index in [1.165, 1.54) is 118 Å². The van der Waals surface area contributed by atoms with Crippen molar-refractivity contribution < 1.29 is 79.8 Å². The molecule has 0 heterocycles. The van der Waals surface area contributed by atoms with Gasteiger partial charge in [0.1, 0.15) is 11.5 Å². The molecular formula is C124H200O16. The average Bonchev–Trinajstić information content (AvgIpc) is 0.798. The Labute approximate surface area is 851 Å². The molecule has 0 radical (unpaired) electrons. The van der Waals surface area contributed by atoms with E-state index in [9.17, 15) is 79.8 Å². The van der Waals surface area contributed by atoms with Gasteiger partial charge < -0.3 is 51.1 Å². The minimum atomic E-state index is -0.812. The van der Waals surface area contributed by atoms with E-state index in [-0.39, 0.29) is 22.7 Å². The number of phenols is 4. The topological polar surface area (TPSA) is 305 Å². The van der Waals surface area contributed by atoms with Crippen LogP contribution in [0.5, 0.6) is 23.0 Å². The number of benzene rings is 6. The van der Waals surface area contributed by atoms with Gasteiger partial charge >= 0.3 is 35.8 Å². The number of carboxylic acids is 6. The Balaban J connectivity index is 0.000000840. The Kier molecular flexibility index (Phi) is 53.9. The lowest BCUT2D eigenvalue weighted by Crippen LogP contribution is -2.23. The van der Waals surface area contributed by atoms with Gasteiger partial charge in [-0.05, 0) is 477 Å². The van der Waals surface area contributed by atoms with Crippen LogP contribution in [-0.2, 0) is 106 Å². The summed E-state index contributed by atoms with van der Waals surface area (Å²) in [6.07, 6.45) is 34.1. The van der Waals surface area contributed by atoms with Crippen LogP contribution in [0.2, 0.25) is 0 Å². The lowest BCUT2D eigenvalue weighted by Gasteiger charge is -2.21. The third kappa shape index (κ3) is 53.6. The molecule has 16 heteroatoms. The van der Waals surface area contributed by atoms with Crippen molar-refractivity contribution in [2.45, 2.75) is 467 Å². The van der Waals surface area contributed by atoms with Crippen molar-refractivity contribution in [3.63, 3.8) is 0 Å². The van der Waals surface area contributed by atoms with Crippen molar-refractivity contribution in [2.24, 2.45) is 65.0 Å². The second-order valence-electron chi connectivity index (χ2n) is 51.8. The number of aliphatic carboxylic acids is 6. The minimum absolute atomic E-state index is 0.0589. The Hall–Kier alpha value is -8.66. The summed E-state index contributed by atoms with van der Waals surface area (Å²) in [6.45, 7) is 70.7. The van der Waals surface area contributed by atoms with Crippen molar-refractivity contribution in [2.75, 3.05) is 0 Å². The first-order chi connectivity index (χ1) is 64.0. The molecule has 6 aromatic carbocycles. The molecule has 16 nitrogen and oxygen atoms in total. The number of rotatable bonds is 48. The predicted molar refractivity (Wildman–Crippen MR) is 585 cm³/mol. The molecule has 0 aliphatic heterocycles. The third-order valence-corrected chi connectivity index (χ3v) is 27.8. The van der Waals surface area contributed by atoms with Crippen molar-refractivity contribution in [1.29, 1.82) is 0 Å². The van der Waals surface area contributed by atoms with Crippen molar-refractivity contribution in [1.82, 2.24) is 0 Å². The van der Waals surface area contributed by atoms with E-state index in [4.69, 9.17) is 0 Å². The van der Waals surface area contributed by atoms with E-state index >= 15 is 0 Å². The molecule has 0 atom stereocenters. The number of carbonyl (C=O) groups is 6. The molecule has 0 amide bonds. The summed E-state index contributed by atoms with van der Waals surface area (Å²) in [5.41, 5.74) is 18.4. The predicted octanol–water partition coefficient (Wildman–Crippen LogP) is 33.0. The highest BCUT2D eigenvalue weighted by Crippen LogP contribution is 2.40. The summed E-state index contributed by atoms with van der Waals surface area (Å²) in [5.74, 6) is -3.97. The fraction of sp³-hybridized carbons (Fsp3) is 0.661. The molecule has 792 valence electrons. The number of hydrogen-bond donors (Lipinski definition) is 10. The second kappa shape index (κ2) is 58.3. The van der Waals surface area contributed by atoms with Gasteiger partial charge in [-0.15, -0.1) is 0 Å². The van der Waals surface area contributed by atoms with Gasteiger partial charge in [-0.3, -0.25) is 28.8 Å². The van der Waals surface area contributed by atoms with Crippen LogP contribution in [0.15, 0.2) is 97.1 Å². The van der Waals surface area contributed by atoms with Gasteiger partial charge in [0, 0.05) is 5.56 Å². The molecule has 0 aromatic heterocycles. The van der Waals surface area contributed by atoms with E-state index in [1.54, 1.807) is 53.7 Å². The van der Waals surface area contributed by atoms with Crippen LogP contribution in [0.25, 0.3) is 0 Å². The standard InChI is InChI=1S/C22H36O2.2C21H34O2.C20H32O4.2C20H32O3/c1-16-12-13-18(10-8-14-21(3,4)5)19(17(16)2)11-9-15-22(6,7)20(23)24;1-16-10-7-11-17(12-8-14-20(2,3)4)18(16)13-9-15-21(5,6)19(22)23;1-16-11-12-17(9-7-13-20(2,3)4)18(15-16)10-8-14-21(5,6)19(22)23;1-19(2,3)12-6-8-14-10-11-16(21)17(22)15(14)9-7-13-20(4,5)18(23)24;1-19(2,3)13-7-10-15-9-6-12-17(21)16(15)11-8-14-20(4,5)18(22)23;1-19(2,3)12-6-8-15-10-11-17(21)14-16(15)9-7-13-20(4,5)18(22)23/h12-13H,8-11,14-15H2,1-7H3,(H,23,24);7,10-11H,8-9,12-15H2,1-6H3,(H,22,23);11-12,15H,7-10,13-14H2,1-6H3,(H,22,23);10-11,21-22H,6-9,12-13H2,1-5H3,(H,23,24);6,9,12,21H,7-8,10-11,13-14H2,1-5H3,(H,22,23);10-11,14,21H,6-9,12-13H2,1-5H3,(H,22,23). The maximum atomic E-state index is 11.3. The van der Waals surface area contributed by atoms with Crippen LogP contribution >= 0.6 is 0 Å². The van der Waals surface area contributed by atoms with E-state index in [0.717, 1.165) is 176 Å². The lowest BCUT2D eigenvalue weighted by atomic mass is 9.84. The summed E-state index contributed by atoms with van der Waals surface area (Å²) in [7, 11) is 0. The zero-order valence-corrected chi connectivity index (χ0v) is 94.6. The summed E-state index contributed by atoms with van der Waals surface area (Å²) in [5, 5.41) is 95.2. The molecule has 140 heavy (non-hydrogen) atoms. The molecule has 0 unspecified atom stereocenters. The number of hydrogen-bond acceptors (Lipinski definition) is 10. The Bertz CT molecular complexity index is 4470. The summed E-state index contributed by atoms with van der Waals surface area (Å²) < 4.78 is 0. The molecule has 0 saturated heterocycles. The second-order valence-corrected chi connectivity index (χ2v) is 51.8. The first-order valence-electron chi connectivity index (χ1n) is 52.7. The van der Waals surface area contributed by atoms with E-state index in [1.807, 2.05) is 65.8 Å². The fourth-order valence-electron chi connectivity index (χ4n) is 17.3. The monoisotopic (exact) mass is 1950 g/mol. The van der Waals surface area contributed by atoms with E-state index in [2.05, 4.69) is 207 Å². The van der Waals surface area contributed by atoms with Crippen LogP contribution in [0.4, 0.5) is 0 Å². The molecule has 0 aliphatic carbocycles. The SMILES string of the molecule is CC(C)(C)CCCc1ccc(O)c(O)c1CCCC(C)(C)C(=O)O.CC(C)(C)CCCc1ccc(O)cc1CCCC(C)(C)C(=O)O.CC(C)(C)CCCc1cccc(O)c1CCCC(C)(C)C(=O)O.Cc1ccc(CCCC(C)(C)C)c(CCCC(C)(C)C(=O)O)c1.Cc1ccc(CCCC(C)(C)C)c(CCCC(C)(C)C(=O)O)c1C.Cc1cccc(CCCC(C)(C)C)c1CCCC(C)(C)C(=O)O. The highest BCUT2D eigenvalue weighted by Gasteiger charge is 2.33. The smallest absolute Gasteiger partial charge is 0.309 e. The molecular weight excluding hydrogens is 1750 g/mol. The maximum absolute atomic E-state index is 11.3. The minimum Gasteiger partial charge on any atom is -0.508 e. The molecule has 0 spiro atoms. The van der Waals surface area contributed by atoms with Crippen molar-refractivity contribution in [3.05, 3.63) is 186 Å². The van der Waals surface area contributed by atoms with E-state index < -0.39 is 68.3 Å². The summed E-state index contributed by atoms with van der Waals surface area (Å²) >= 11 is 0. The largest absolute Gasteiger partial charge is 0.508 e. The highest BCUT2D eigenvalue weighted by atomic mass is 16.4. The Morgan fingerprint density at radius 3 is 0.793 bits per heavy atom. The van der Waals surface area contributed by atoms with Gasteiger partial charge in [-0.25, -0.2) is 0 Å². The zero-order valence-electron chi connectivity index (χ0n) is 94.6. The van der Waals surface area contributed by atoms with Gasteiger partial charge in [-0.1, -0.05) is 203 Å². The number of aromatic hydroxyl groups is 4. The molecule has 6 rings (SSSR count). The Morgan fingerprint density at radius 1 is 0.214 bits per heavy atom. The number of phenolic OH excluding ortho intramolecular Hbond substituents is 4. The van der Waals surface area contributed by atoms with Gasteiger partial charge in [0.05, 0.1) is 32.5 Å². The maximum Gasteiger partial charge on any atom is 0.309 e. The molecule has 0 bridgehead atoms. The summed E-state index contributed by atoms with van der Waals surface area (Å²) in [6, 6.07) is 32.5. The van der Waals surface area contributed by atoms with Crippen LogP contribution in [0.1, 0.15) is 451 Å². The number of carboxylic acid groups (broad SMARTS) is 6. The van der Waals surface area contributed by atoms with Crippen LogP contribution < -0.4 is 0 Å². The molecule has 0 fully saturated rings.